The Bertz CT molecular complexity index is 1260. The summed E-state index contributed by atoms with van der Waals surface area (Å²) in [5.41, 5.74) is 2.91. The van der Waals surface area contributed by atoms with Crippen molar-refractivity contribution in [3.05, 3.63) is 91.9 Å². The third-order valence-corrected chi connectivity index (χ3v) is 5.09. The van der Waals surface area contributed by atoms with Gasteiger partial charge in [0, 0.05) is 10.0 Å². The Labute approximate surface area is 208 Å². The number of amides is 2. The smallest absolute Gasteiger partial charge is 0.345 e. The number of nitrogens with zero attached hydrogens (tertiary/aromatic N) is 1. The van der Waals surface area contributed by atoms with Crippen molar-refractivity contribution in [2.45, 2.75) is 0 Å². The molecule has 11 heteroatoms. The van der Waals surface area contributed by atoms with Crippen LogP contribution in [0, 0.1) is 0 Å². The lowest BCUT2D eigenvalue weighted by Gasteiger charge is -2.07. The Morgan fingerprint density at radius 2 is 1.55 bits per heavy atom. The van der Waals surface area contributed by atoms with E-state index in [9.17, 15) is 14.4 Å². The van der Waals surface area contributed by atoms with E-state index >= 15 is 0 Å². The van der Waals surface area contributed by atoms with Gasteiger partial charge in [0.25, 0.3) is 0 Å². The molecule has 7 nitrogen and oxygen atoms in total. The van der Waals surface area contributed by atoms with Crippen LogP contribution in [0.1, 0.15) is 15.9 Å². The van der Waals surface area contributed by atoms with Gasteiger partial charge >= 0.3 is 17.8 Å². The van der Waals surface area contributed by atoms with Gasteiger partial charge in [-0.1, -0.05) is 58.5 Å². The lowest BCUT2D eigenvalue weighted by molar-refractivity contribution is -0.136. The number of benzene rings is 3. The highest BCUT2D eigenvalue weighted by atomic mass is 35.5. The second-order valence-corrected chi connectivity index (χ2v) is 8.05. The van der Waals surface area contributed by atoms with Crippen LogP contribution >= 0.6 is 46.4 Å². The van der Waals surface area contributed by atoms with Crippen LogP contribution < -0.4 is 15.5 Å². The number of hydrogen-bond acceptors (Lipinski definition) is 5. The van der Waals surface area contributed by atoms with Crippen LogP contribution in [0.5, 0.6) is 5.75 Å². The molecule has 0 fully saturated rings. The molecule has 0 aliphatic heterocycles. The van der Waals surface area contributed by atoms with E-state index in [4.69, 9.17) is 51.1 Å². The molecule has 0 atom stereocenters. The molecule has 2 amide bonds. The zero-order valence-corrected chi connectivity index (χ0v) is 19.5. The first-order valence-electron chi connectivity index (χ1n) is 9.09. The summed E-state index contributed by atoms with van der Waals surface area (Å²) >= 11 is 23.6. The second kappa shape index (κ2) is 11.2. The summed E-state index contributed by atoms with van der Waals surface area (Å²) in [6.07, 6.45) is 1.27. The summed E-state index contributed by atoms with van der Waals surface area (Å²) < 4.78 is 5.31. The lowest BCUT2D eigenvalue weighted by atomic mass is 10.2. The molecule has 0 bridgehead atoms. The molecule has 0 unspecified atom stereocenters. The van der Waals surface area contributed by atoms with E-state index in [0.29, 0.717) is 15.6 Å². The fourth-order valence-corrected chi connectivity index (χ4v) is 3.29. The average molecular weight is 525 g/mol. The number of halogens is 4. The maximum absolute atomic E-state index is 12.3. The van der Waals surface area contributed by atoms with Gasteiger partial charge in [0.1, 0.15) is 5.75 Å². The summed E-state index contributed by atoms with van der Waals surface area (Å²) in [6, 6.07) is 15.2. The number of rotatable bonds is 5. The normalized spacial score (nSPS) is 10.7. The van der Waals surface area contributed by atoms with Crippen LogP contribution in [0.4, 0.5) is 5.69 Å². The average Bonchev–Trinajstić information content (AvgIpc) is 2.76. The topological polar surface area (TPSA) is 96.9 Å². The van der Waals surface area contributed by atoms with Gasteiger partial charge in [0.05, 0.1) is 27.5 Å². The molecule has 0 aliphatic rings. The number of hydrazone groups is 1. The van der Waals surface area contributed by atoms with Gasteiger partial charge in [-0.2, -0.15) is 5.10 Å². The quantitative estimate of drug-likeness (QED) is 0.149. The number of esters is 1. The Balaban J connectivity index is 1.59. The monoisotopic (exact) mass is 523 g/mol. The minimum atomic E-state index is -1.03. The largest absolute Gasteiger partial charge is 0.423 e. The van der Waals surface area contributed by atoms with E-state index < -0.39 is 17.8 Å². The minimum Gasteiger partial charge on any atom is -0.423 e. The first kappa shape index (κ1) is 24.5. The Morgan fingerprint density at radius 1 is 0.818 bits per heavy atom. The van der Waals surface area contributed by atoms with Crippen LogP contribution in [0.15, 0.2) is 65.8 Å². The molecule has 2 N–H and O–H groups in total. The molecule has 0 spiro atoms. The van der Waals surface area contributed by atoms with Crippen molar-refractivity contribution in [3.63, 3.8) is 0 Å². The SMILES string of the molecule is O=C(N/N=C\c1cccc(OC(=O)c2ccc(Cl)cc2Cl)c1)C(=O)Nc1cc(Cl)ccc1Cl. The van der Waals surface area contributed by atoms with Crippen LogP contribution in [0.25, 0.3) is 0 Å². The van der Waals surface area contributed by atoms with Gasteiger partial charge in [0.15, 0.2) is 0 Å². The summed E-state index contributed by atoms with van der Waals surface area (Å²) in [5.74, 6) is -2.47. The summed E-state index contributed by atoms with van der Waals surface area (Å²) in [4.78, 5) is 36.3. The number of nitrogens with one attached hydrogen (secondary N) is 2. The molecule has 3 rings (SSSR count). The number of hydrogen-bond donors (Lipinski definition) is 2. The van der Waals surface area contributed by atoms with E-state index in [0.717, 1.165) is 0 Å². The molecule has 0 radical (unpaired) electrons. The van der Waals surface area contributed by atoms with Crippen LogP contribution in [-0.2, 0) is 9.59 Å². The van der Waals surface area contributed by atoms with E-state index in [-0.39, 0.29) is 27.0 Å². The predicted molar refractivity (Wildman–Crippen MR) is 129 cm³/mol. The summed E-state index contributed by atoms with van der Waals surface area (Å²) in [6.45, 7) is 0. The molecule has 3 aromatic rings. The fourth-order valence-electron chi connectivity index (χ4n) is 2.46. The van der Waals surface area contributed by atoms with Gasteiger partial charge in [-0.25, -0.2) is 10.2 Å². The first-order valence-corrected chi connectivity index (χ1v) is 10.6. The van der Waals surface area contributed by atoms with Crippen molar-refractivity contribution in [2.75, 3.05) is 5.32 Å². The highest BCUT2D eigenvalue weighted by molar-refractivity contribution is 6.42. The molecule has 3 aromatic carbocycles. The Hall–Kier alpha value is -3.10. The van der Waals surface area contributed by atoms with Gasteiger partial charge < -0.3 is 10.1 Å². The molecule has 0 heterocycles. The summed E-state index contributed by atoms with van der Waals surface area (Å²) in [5, 5.41) is 7.17. The molecular weight excluding hydrogens is 512 g/mol. The molecule has 0 saturated heterocycles. The van der Waals surface area contributed by atoms with Gasteiger partial charge in [0.2, 0.25) is 0 Å². The second-order valence-electron chi connectivity index (χ2n) is 6.36. The molecule has 0 saturated carbocycles. The molecule has 0 aliphatic carbocycles. The molecule has 168 valence electrons. The lowest BCUT2D eigenvalue weighted by Crippen LogP contribution is -2.32. The standard InChI is InChI=1S/C22H13Cl4N3O4/c23-13-4-6-16(18(26)9-13)22(32)33-15-3-1-2-12(8-15)11-27-29-21(31)20(30)28-19-10-14(24)5-7-17(19)25/h1-11H,(H,28,30)(H,29,31)/b27-11-. The molecule has 33 heavy (non-hydrogen) atoms. The zero-order valence-electron chi connectivity index (χ0n) is 16.4. The highest BCUT2D eigenvalue weighted by Crippen LogP contribution is 2.25. The van der Waals surface area contributed by atoms with Crippen molar-refractivity contribution in [1.82, 2.24) is 5.43 Å². The van der Waals surface area contributed by atoms with Crippen LogP contribution in [0.3, 0.4) is 0 Å². The van der Waals surface area contributed by atoms with Crippen molar-refractivity contribution in [2.24, 2.45) is 5.10 Å². The van der Waals surface area contributed by atoms with Gasteiger partial charge in [-0.3, -0.25) is 9.59 Å². The third-order valence-electron chi connectivity index (χ3n) is 3.98. The molecule has 0 aromatic heterocycles. The number of anilines is 1. The van der Waals surface area contributed by atoms with Gasteiger partial charge in [-0.15, -0.1) is 0 Å². The van der Waals surface area contributed by atoms with Gasteiger partial charge in [-0.05, 0) is 54.1 Å². The fraction of sp³-hybridized carbons (Fsp3) is 0. The zero-order chi connectivity index (χ0) is 24.0. The number of ether oxygens (including phenoxy) is 1. The van der Waals surface area contributed by atoms with Crippen molar-refractivity contribution in [3.8, 4) is 5.75 Å². The summed E-state index contributed by atoms with van der Waals surface area (Å²) in [7, 11) is 0. The van der Waals surface area contributed by atoms with E-state index in [1.807, 2.05) is 0 Å². The predicted octanol–water partition coefficient (Wildman–Crippen LogP) is 5.61. The Kier molecular flexibility index (Phi) is 8.30. The highest BCUT2D eigenvalue weighted by Gasteiger charge is 2.15. The van der Waals surface area contributed by atoms with E-state index in [2.05, 4.69) is 15.8 Å². The van der Waals surface area contributed by atoms with E-state index in [1.54, 1.807) is 24.3 Å². The third kappa shape index (κ3) is 6.94. The first-order chi connectivity index (χ1) is 15.7. The number of carbonyl (C=O) groups is 3. The maximum Gasteiger partial charge on any atom is 0.345 e. The van der Waals surface area contributed by atoms with E-state index in [1.165, 1.54) is 42.6 Å². The van der Waals surface area contributed by atoms with Crippen LogP contribution in [0.2, 0.25) is 20.1 Å². The van der Waals surface area contributed by atoms with Crippen molar-refractivity contribution < 1.29 is 19.1 Å². The van der Waals surface area contributed by atoms with Crippen LogP contribution in [-0.4, -0.2) is 24.0 Å². The minimum absolute atomic E-state index is 0.151. The number of carbonyl (C=O) groups excluding carboxylic acids is 3. The van der Waals surface area contributed by atoms with Crippen molar-refractivity contribution >= 4 is 76.1 Å². The Morgan fingerprint density at radius 3 is 2.30 bits per heavy atom. The maximum atomic E-state index is 12.3. The van der Waals surface area contributed by atoms with Crippen molar-refractivity contribution in [1.29, 1.82) is 0 Å². The molecular formula is C22H13Cl4N3O4.